The summed E-state index contributed by atoms with van der Waals surface area (Å²) in [6.07, 6.45) is 1.28. The first kappa shape index (κ1) is 53.3. The minimum atomic E-state index is -0.492. The number of esters is 2. The van der Waals surface area contributed by atoms with Gasteiger partial charge in [-0.05, 0) is 116 Å². The molecule has 10 nitrogen and oxygen atoms in total. The zero-order valence-electron chi connectivity index (χ0n) is 43.8. The minimum Gasteiger partial charge on any atom is -0.485 e. The minimum absolute atomic E-state index is 0.131. The summed E-state index contributed by atoms with van der Waals surface area (Å²) in [4.78, 5) is 51.9. The molecule has 1 aliphatic carbocycles. The number of hydrogen-bond acceptors (Lipinski definition) is 10. The Morgan fingerprint density at radius 1 is 0.368 bits per heavy atom. The van der Waals surface area contributed by atoms with Crippen LogP contribution in [0.3, 0.4) is 0 Å². The molecular weight excluding hydrogens is 857 g/mol. The average molecular weight is 933 g/mol. The fourth-order valence-corrected chi connectivity index (χ4v) is 8.38. The van der Waals surface area contributed by atoms with Gasteiger partial charge in [0.15, 0.2) is 24.8 Å². The lowest BCUT2D eigenvalue weighted by Gasteiger charge is -2.29. The van der Waals surface area contributed by atoms with E-state index in [-0.39, 0.29) is 72.9 Å². The first-order valence-corrected chi connectivity index (χ1v) is 24.0. The molecule has 368 valence electrons. The van der Waals surface area contributed by atoms with Crippen molar-refractivity contribution in [1.29, 1.82) is 0 Å². The lowest BCUT2D eigenvalue weighted by Crippen LogP contribution is -2.20. The van der Waals surface area contributed by atoms with Crippen LogP contribution in [0.15, 0.2) is 48.5 Å². The normalized spacial score (nSPS) is 13.1. The van der Waals surface area contributed by atoms with Crippen LogP contribution in [0, 0.1) is 0 Å². The van der Waals surface area contributed by atoms with Crippen molar-refractivity contribution in [3.63, 3.8) is 0 Å². The summed E-state index contributed by atoms with van der Waals surface area (Å²) >= 11 is 0. The molecule has 0 aliphatic heterocycles. The fourth-order valence-electron chi connectivity index (χ4n) is 8.38. The van der Waals surface area contributed by atoms with Crippen molar-refractivity contribution < 1.29 is 47.6 Å². The molecule has 0 unspecified atom stereocenters. The Morgan fingerprint density at radius 2 is 0.559 bits per heavy atom. The number of ketones is 2. The number of hydrogen-bond donors (Lipinski definition) is 0. The first-order chi connectivity index (χ1) is 31.6. The van der Waals surface area contributed by atoms with E-state index in [4.69, 9.17) is 28.4 Å². The standard InChI is InChI=1S/C58H76O10/c1-17-63-49(61)33-67-53-41-19-37-23-45(55(5,6)7)25-39(51(37)65-31-35(3)59)21-43-29-48(58(14,15)16)30-44(54(43)68-34-50(62)64-18-2)22-40-26-46(56(8,9)10)24-38(52(40)66-32-36(4)60)20-42(53)28-47(27-41)57(11,12)13/h23-30H,17-22,31-34H2,1-16H3. The van der Waals surface area contributed by atoms with Gasteiger partial charge in [-0.3, -0.25) is 9.59 Å². The van der Waals surface area contributed by atoms with E-state index in [1.165, 1.54) is 13.8 Å². The van der Waals surface area contributed by atoms with Crippen LogP contribution in [0.1, 0.15) is 178 Å². The van der Waals surface area contributed by atoms with E-state index in [0.29, 0.717) is 48.7 Å². The molecule has 0 N–H and O–H groups in total. The fraction of sp³-hybridized carbons (Fsp3) is 0.517. The largest absolute Gasteiger partial charge is 0.485 e. The summed E-state index contributed by atoms with van der Waals surface area (Å²) in [6.45, 7) is 32.1. The van der Waals surface area contributed by atoms with Crippen molar-refractivity contribution in [2.24, 2.45) is 0 Å². The molecule has 0 saturated heterocycles. The van der Waals surface area contributed by atoms with E-state index in [0.717, 1.165) is 66.8 Å². The molecule has 0 aromatic heterocycles. The van der Waals surface area contributed by atoms with Crippen molar-refractivity contribution in [1.82, 2.24) is 0 Å². The van der Waals surface area contributed by atoms with Gasteiger partial charge in [0.05, 0.1) is 13.2 Å². The lowest BCUT2D eigenvalue weighted by molar-refractivity contribution is -0.146. The third kappa shape index (κ3) is 13.8. The molecule has 8 bridgehead atoms. The van der Waals surface area contributed by atoms with Crippen LogP contribution in [-0.4, -0.2) is 63.1 Å². The number of carbonyl (C=O) groups is 4. The Balaban J connectivity index is 2.04. The number of ether oxygens (including phenoxy) is 6. The number of Topliss-reactive ketones (excluding diaryl/α,β-unsaturated/α-hetero) is 2. The second kappa shape index (κ2) is 21.3. The second-order valence-corrected chi connectivity index (χ2v) is 22.4. The molecule has 0 heterocycles. The average Bonchev–Trinajstić information content (AvgIpc) is 3.20. The molecule has 0 spiro atoms. The third-order valence-electron chi connectivity index (χ3n) is 12.1. The van der Waals surface area contributed by atoms with Gasteiger partial charge in [-0.25, -0.2) is 9.59 Å². The maximum Gasteiger partial charge on any atom is 0.344 e. The molecule has 0 radical (unpaired) electrons. The quantitative estimate of drug-likeness (QED) is 0.0994. The van der Waals surface area contributed by atoms with Gasteiger partial charge in [0.25, 0.3) is 0 Å². The van der Waals surface area contributed by atoms with E-state index in [1.807, 2.05) is 0 Å². The van der Waals surface area contributed by atoms with Crippen LogP contribution in [0.4, 0.5) is 0 Å². The predicted octanol–water partition coefficient (Wildman–Crippen LogP) is 11.4. The Morgan fingerprint density at radius 3 is 0.721 bits per heavy atom. The Kier molecular flexibility index (Phi) is 16.7. The third-order valence-corrected chi connectivity index (χ3v) is 12.1. The van der Waals surface area contributed by atoms with E-state index in [2.05, 4.69) is 132 Å². The maximum absolute atomic E-state index is 13.1. The molecule has 68 heavy (non-hydrogen) atoms. The highest BCUT2D eigenvalue weighted by molar-refractivity contribution is 5.78. The summed E-state index contributed by atoms with van der Waals surface area (Å²) in [6, 6.07) is 17.2. The topological polar surface area (TPSA) is 124 Å². The number of rotatable bonds is 14. The molecule has 5 rings (SSSR count). The Labute approximate surface area is 405 Å². The van der Waals surface area contributed by atoms with Crippen LogP contribution < -0.4 is 18.9 Å². The van der Waals surface area contributed by atoms with E-state index < -0.39 is 11.9 Å². The van der Waals surface area contributed by atoms with E-state index in [9.17, 15) is 19.2 Å². The molecule has 4 aromatic rings. The number of benzene rings is 4. The van der Waals surface area contributed by atoms with Crippen molar-refractivity contribution in [2.75, 3.05) is 39.6 Å². The first-order valence-electron chi connectivity index (χ1n) is 24.0. The zero-order valence-corrected chi connectivity index (χ0v) is 43.8. The van der Waals surface area contributed by atoms with Crippen molar-refractivity contribution in [3.05, 3.63) is 115 Å². The van der Waals surface area contributed by atoms with Gasteiger partial charge in [-0.1, -0.05) is 132 Å². The lowest BCUT2D eigenvalue weighted by atomic mass is 9.79. The van der Waals surface area contributed by atoms with Crippen molar-refractivity contribution >= 4 is 23.5 Å². The SMILES string of the molecule is CCOC(=O)COc1c2cc(C(C)(C)C)cc1Cc1cc(C(C)(C)C)cc(c1OCC(C)=O)Cc1cc(C(C)(C)C)cc(c1OCC(=O)OCC)Cc1cc(C(C)(C)C)cc(c1OCC(C)=O)C2. The van der Waals surface area contributed by atoms with Crippen LogP contribution in [0.2, 0.25) is 0 Å². The highest BCUT2D eigenvalue weighted by Crippen LogP contribution is 2.44. The summed E-state index contributed by atoms with van der Waals surface area (Å²) in [7, 11) is 0. The van der Waals surface area contributed by atoms with Gasteiger partial charge < -0.3 is 28.4 Å². The van der Waals surface area contributed by atoms with Gasteiger partial charge >= 0.3 is 11.9 Å². The van der Waals surface area contributed by atoms with Crippen LogP contribution in [-0.2, 0) is 76.0 Å². The Bertz CT molecular complexity index is 2240. The number of carbonyl (C=O) groups excluding carboxylic acids is 4. The molecule has 0 saturated carbocycles. The molecule has 0 atom stereocenters. The summed E-state index contributed by atoms with van der Waals surface area (Å²) in [5.74, 6) is 0.960. The Hall–Kier alpha value is -5.64. The van der Waals surface area contributed by atoms with Crippen molar-refractivity contribution in [3.8, 4) is 23.0 Å². The van der Waals surface area contributed by atoms with Gasteiger partial charge in [-0.15, -0.1) is 0 Å². The monoisotopic (exact) mass is 933 g/mol. The molecule has 10 heteroatoms. The van der Waals surface area contributed by atoms with Crippen LogP contribution >= 0.6 is 0 Å². The van der Waals surface area contributed by atoms with Gasteiger partial charge in [0, 0.05) is 25.7 Å². The van der Waals surface area contributed by atoms with Gasteiger partial charge in [-0.2, -0.15) is 0 Å². The van der Waals surface area contributed by atoms with Gasteiger partial charge in [0.1, 0.15) is 36.2 Å². The van der Waals surface area contributed by atoms with E-state index >= 15 is 0 Å². The van der Waals surface area contributed by atoms with Crippen molar-refractivity contribution in [2.45, 2.75) is 158 Å². The zero-order chi connectivity index (χ0) is 50.5. The molecule has 0 fully saturated rings. The molecule has 1 aliphatic rings. The summed E-state index contributed by atoms with van der Waals surface area (Å²) < 4.78 is 37.4. The summed E-state index contributed by atoms with van der Waals surface area (Å²) in [5.41, 5.74) is 9.61. The second-order valence-electron chi connectivity index (χ2n) is 22.4. The smallest absolute Gasteiger partial charge is 0.344 e. The molecular formula is C58H76O10. The van der Waals surface area contributed by atoms with Crippen LogP contribution in [0.5, 0.6) is 23.0 Å². The van der Waals surface area contributed by atoms with Crippen LogP contribution in [0.25, 0.3) is 0 Å². The predicted molar refractivity (Wildman–Crippen MR) is 268 cm³/mol. The summed E-state index contributed by atoms with van der Waals surface area (Å²) in [5, 5.41) is 0. The van der Waals surface area contributed by atoms with E-state index in [1.54, 1.807) is 13.8 Å². The molecule has 4 aromatic carbocycles. The highest BCUT2D eigenvalue weighted by Gasteiger charge is 2.30. The van der Waals surface area contributed by atoms with Gasteiger partial charge in [0.2, 0.25) is 0 Å². The highest BCUT2D eigenvalue weighted by atomic mass is 16.6. The number of fused-ring (bicyclic) bond motifs is 8. The molecule has 0 amide bonds. The maximum atomic E-state index is 13.1.